The van der Waals surface area contributed by atoms with Crippen LogP contribution in [0.4, 0.5) is 0 Å². The lowest BCUT2D eigenvalue weighted by Gasteiger charge is -2.12. The van der Waals surface area contributed by atoms with Crippen molar-refractivity contribution in [3.05, 3.63) is 87.9 Å². The lowest BCUT2D eigenvalue weighted by molar-refractivity contribution is 0.362. The Kier molecular flexibility index (Phi) is 8.91. The zero-order valence-corrected chi connectivity index (χ0v) is 20.1. The normalized spacial score (nSPS) is 10.5. The Hall–Kier alpha value is -2.84. The van der Waals surface area contributed by atoms with E-state index < -0.39 is 0 Å². The minimum Gasteiger partial charge on any atom is -0.493 e. The zero-order valence-electron chi connectivity index (χ0n) is 17.7. The van der Waals surface area contributed by atoms with Gasteiger partial charge in [0.2, 0.25) is 0 Å². The molecular weight excluding hydrogens is 485 g/mol. The fourth-order valence-corrected chi connectivity index (χ4v) is 3.66. The average molecular weight is 507 g/mol. The number of hydrogen-bond donors (Lipinski definition) is 1. The predicted molar refractivity (Wildman–Crippen MR) is 131 cm³/mol. The number of benzene rings is 3. The van der Waals surface area contributed by atoms with E-state index in [0.29, 0.717) is 28.1 Å². The maximum absolute atomic E-state index is 6.23. The van der Waals surface area contributed by atoms with Gasteiger partial charge in [-0.05, 0) is 70.9 Å². The van der Waals surface area contributed by atoms with Crippen molar-refractivity contribution in [2.24, 2.45) is 0 Å². The monoisotopic (exact) mass is 505 g/mol. The molecule has 0 aliphatic carbocycles. The molecule has 0 aliphatic heterocycles. The molecule has 0 saturated carbocycles. The number of rotatable bonds is 9. The van der Waals surface area contributed by atoms with Crippen LogP contribution in [-0.4, -0.2) is 33.9 Å². The quantitative estimate of drug-likeness (QED) is 0.301. The summed E-state index contributed by atoms with van der Waals surface area (Å²) in [6.07, 6.45) is 0.802. The summed E-state index contributed by atoms with van der Waals surface area (Å²) in [5.74, 6) is 1.11. The predicted octanol–water partition coefficient (Wildman–Crippen LogP) is 5.52. The molecule has 0 aliphatic rings. The van der Waals surface area contributed by atoms with Gasteiger partial charge in [-0.2, -0.15) is 4.68 Å². The van der Waals surface area contributed by atoms with E-state index in [1.807, 2.05) is 60.7 Å². The number of methoxy groups -OCH3 is 1. The van der Waals surface area contributed by atoms with Gasteiger partial charge in [-0.25, -0.2) is 0 Å². The highest BCUT2D eigenvalue weighted by atomic mass is 35.5. The third-order valence-electron chi connectivity index (χ3n) is 4.79. The number of aromatic nitrogens is 4. The van der Waals surface area contributed by atoms with Gasteiger partial charge in [0.05, 0.1) is 12.8 Å². The molecule has 0 bridgehead atoms. The van der Waals surface area contributed by atoms with Crippen LogP contribution in [0.2, 0.25) is 10.0 Å². The number of tetrazole rings is 1. The van der Waals surface area contributed by atoms with Crippen molar-refractivity contribution < 1.29 is 9.47 Å². The molecule has 0 amide bonds. The first-order valence-electron chi connectivity index (χ1n) is 9.97. The second-order valence-corrected chi connectivity index (χ2v) is 7.80. The summed E-state index contributed by atoms with van der Waals surface area (Å²) in [6.45, 7) is 1.44. The number of para-hydroxylation sites is 1. The Balaban J connectivity index is 0.00000306. The first-order chi connectivity index (χ1) is 15.6. The molecule has 1 heterocycles. The SMILES string of the molecule is COc1cc(CNCCc2ccc(Cl)cc2Cl)ccc1Oc1nnnn1-c1ccccc1.Cl. The largest absolute Gasteiger partial charge is 0.493 e. The Morgan fingerprint density at radius 1 is 0.970 bits per heavy atom. The van der Waals surface area contributed by atoms with E-state index >= 15 is 0 Å². The highest BCUT2D eigenvalue weighted by Gasteiger charge is 2.14. The Bertz CT molecular complexity index is 1190. The topological polar surface area (TPSA) is 74.1 Å². The molecular formula is C23H22Cl3N5O2. The van der Waals surface area contributed by atoms with Crippen LogP contribution in [0.15, 0.2) is 66.7 Å². The van der Waals surface area contributed by atoms with Crippen molar-refractivity contribution >= 4 is 35.6 Å². The van der Waals surface area contributed by atoms with Crippen LogP contribution in [0.3, 0.4) is 0 Å². The van der Waals surface area contributed by atoms with Crippen molar-refractivity contribution in [2.45, 2.75) is 13.0 Å². The molecule has 4 rings (SSSR count). The van der Waals surface area contributed by atoms with Crippen LogP contribution < -0.4 is 14.8 Å². The summed E-state index contributed by atoms with van der Waals surface area (Å²) in [5, 5.41) is 16.4. The van der Waals surface area contributed by atoms with Gasteiger partial charge < -0.3 is 14.8 Å². The first-order valence-corrected chi connectivity index (χ1v) is 10.7. The van der Waals surface area contributed by atoms with Gasteiger partial charge in [0.1, 0.15) is 0 Å². The lowest BCUT2D eigenvalue weighted by Crippen LogP contribution is -2.16. The maximum atomic E-state index is 6.23. The fraction of sp³-hybridized carbons (Fsp3) is 0.174. The number of hydrogen-bond acceptors (Lipinski definition) is 6. The molecule has 7 nitrogen and oxygen atoms in total. The minimum absolute atomic E-state index is 0. The molecule has 4 aromatic rings. The molecule has 0 fully saturated rings. The second kappa shape index (κ2) is 11.9. The molecule has 0 unspecified atom stereocenters. The molecule has 33 heavy (non-hydrogen) atoms. The van der Waals surface area contributed by atoms with Crippen LogP contribution >= 0.6 is 35.6 Å². The van der Waals surface area contributed by atoms with Crippen molar-refractivity contribution in [3.63, 3.8) is 0 Å². The van der Waals surface area contributed by atoms with Crippen LogP contribution in [0.1, 0.15) is 11.1 Å². The van der Waals surface area contributed by atoms with Gasteiger partial charge in [0.15, 0.2) is 11.5 Å². The van der Waals surface area contributed by atoms with Crippen LogP contribution in [0.5, 0.6) is 17.5 Å². The standard InChI is InChI=1S/C23H21Cl2N5O2.ClH/c1-31-22-13-16(15-26-12-11-17-8-9-18(24)14-20(17)25)7-10-21(22)32-23-27-28-29-30(23)19-5-3-2-4-6-19;/h2-10,13-14,26H,11-12,15H2,1H3;1H. The summed E-state index contributed by atoms with van der Waals surface area (Å²) in [5.41, 5.74) is 2.91. The third kappa shape index (κ3) is 6.36. The van der Waals surface area contributed by atoms with Gasteiger partial charge in [0.25, 0.3) is 0 Å². The van der Waals surface area contributed by atoms with Crippen LogP contribution in [0.25, 0.3) is 5.69 Å². The number of ether oxygens (including phenoxy) is 2. The number of nitrogens with zero attached hydrogens (tertiary/aromatic N) is 4. The molecule has 0 spiro atoms. The van der Waals surface area contributed by atoms with E-state index in [-0.39, 0.29) is 18.4 Å². The van der Waals surface area contributed by atoms with E-state index in [9.17, 15) is 0 Å². The fourth-order valence-electron chi connectivity index (χ4n) is 3.16. The summed E-state index contributed by atoms with van der Waals surface area (Å²) in [7, 11) is 1.60. The van der Waals surface area contributed by atoms with Crippen LogP contribution in [0, 0.1) is 0 Å². The van der Waals surface area contributed by atoms with Crippen molar-refractivity contribution in [3.8, 4) is 23.2 Å². The first kappa shape index (κ1) is 24.8. The molecule has 10 heteroatoms. The highest BCUT2D eigenvalue weighted by Crippen LogP contribution is 2.32. The number of halogens is 3. The van der Waals surface area contributed by atoms with Gasteiger partial charge >= 0.3 is 6.01 Å². The van der Waals surface area contributed by atoms with E-state index in [4.69, 9.17) is 32.7 Å². The molecule has 3 aromatic carbocycles. The van der Waals surface area contributed by atoms with Crippen molar-refractivity contribution in [1.29, 1.82) is 0 Å². The zero-order chi connectivity index (χ0) is 22.3. The Labute approximate surface area is 208 Å². The van der Waals surface area contributed by atoms with Gasteiger partial charge in [-0.1, -0.05) is 58.6 Å². The summed E-state index contributed by atoms with van der Waals surface area (Å²) >= 11 is 12.2. The van der Waals surface area contributed by atoms with E-state index in [1.54, 1.807) is 13.2 Å². The van der Waals surface area contributed by atoms with E-state index in [1.165, 1.54) is 4.68 Å². The second-order valence-electron chi connectivity index (χ2n) is 6.96. The highest BCUT2D eigenvalue weighted by molar-refractivity contribution is 6.35. The molecule has 0 radical (unpaired) electrons. The summed E-state index contributed by atoms with van der Waals surface area (Å²) < 4.78 is 13.0. The van der Waals surface area contributed by atoms with Crippen molar-refractivity contribution in [1.82, 2.24) is 25.5 Å². The summed E-state index contributed by atoms with van der Waals surface area (Å²) in [6, 6.07) is 21.1. The Morgan fingerprint density at radius 3 is 2.55 bits per heavy atom. The molecule has 0 atom stereocenters. The summed E-state index contributed by atoms with van der Waals surface area (Å²) in [4.78, 5) is 0. The Morgan fingerprint density at radius 2 is 1.79 bits per heavy atom. The smallest absolute Gasteiger partial charge is 0.346 e. The average Bonchev–Trinajstić information content (AvgIpc) is 3.27. The molecule has 172 valence electrons. The third-order valence-corrected chi connectivity index (χ3v) is 5.37. The van der Waals surface area contributed by atoms with E-state index in [2.05, 4.69) is 20.8 Å². The number of nitrogens with one attached hydrogen (secondary N) is 1. The van der Waals surface area contributed by atoms with Gasteiger partial charge in [0, 0.05) is 16.6 Å². The van der Waals surface area contributed by atoms with Crippen molar-refractivity contribution in [2.75, 3.05) is 13.7 Å². The minimum atomic E-state index is 0. The lowest BCUT2D eigenvalue weighted by atomic mass is 10.1. The van der Waals surface area contributed by atoms with E-state index in [0.717, 1.165) is 29.8 Å². The van der Waals surface area contributed by atoms with Gasteiger partial charge in [-0.3, -0.25) is 0 Å². The van der Waals surface area contributed by atoms with Gasteiger partial charge in [-0.15, -0.1) is 12.4 Å². The maximum Gasteiger partial charge on any atom is 0.346 e. The molecule has 1 aromatic heterocycles. The molecule has 0 saturated heterocycles. The van der Waals surface area contributed by atoms with Crippen LogP contribution in [-0.2, 0) is 13.0 Å². The molecule has 1 N–H and O–H groups in total.